The first-order valence-corrected chi connectivity index (χ1v) is 5.57. The van der Waals surface area contributed by atoms with Crippen LogP contribution in [0.25, 0.3) is 0 Å². The predicted molar refractivity (Wildman–Crippen MR) is 61.5 cm³/mol. The molecule has 0 aliphatic heterocycles. The standard InChI is InChI=1S/C13H19NO/c1-13(2,3)15-14-12-9-8-10-6-4-5-7-11(10)12/h4-7,12,14H,8-9H2,1-3H3. The van der Waals surface area contributed by atoms with Gasteiger partial charge >= 0.3 is 0 Å². The summed E-state index contributed by atoms with van der Waals surface area (Å²) in [5.74, 6) is 0. The maximum atomic E-state index is 5.62. The van der Waals surface area contributed by atoms with Crippen molar-refractivity contribution >= 4 is 0 Å². The number of rotatable bonds is 2. The molecule has 1 unspecified atom stereocenters. The Balaban J connectivity index is 2.02. The van der Waals surface area contributed by atoms with Gasteiger partial charge in [0.15, 0.2) is 0 Å². The molecule has 0 aromatic heterocycles. The van der Waals surface area contributed by atoms with Crippen LogP contribution in [0.1, 0.15) is 44.4 Å². The Morgan fingerprint density at radius 3 is 2.73 bits per heavy atom. The highest BCUT2D eigenvalue weighted by Crippen LogP contribution is 2.31. The molecule has 0 saturated carbocycles. The molecule has 0 fully saturated rings. The fraction of sp³-hybridized carbons (Fsp3) is 0.538. The summed E-state index contributed by atoms with van der Waals surface area (Å²) in [7, 11) is 0. The van der Waals surface area contributed by atoms with Crippen LogP contribution in [-0.4, -0.2) is 5.60 Å². The van der Waals surface area contributed by atoms with E-state index in [9.17, 15) is 0 Å². The molecule has 0 bridgehead atoms. The maximum absolute atomic E-state index is 5.62. The third-order valence-corrected chi connectivity index (χ3v) is 2.64. The Labute approximate surface area is 91.6 Å². The monoisotopic (exact) mass is 205 g/mol. The first-order chi connectivity index (χ1) is 7.06. The maximum Gasteiger partial charge on any atom is 0.0813 e. The van der Waals surface area contributed by atoms with Crippen molar-refractivity contribution < 1.29 is 4.84 Å². The van der Waals surface area contributed by atoms with Gasteiger partial charge in [-0.1, -0.05) is 24.3 Å². The molecular formula is C13H19NO. The van der Waals surface area contributed by atoms with Crippen LogP contribution in [0.5, 0.6) is 0 Å². The summed E-state index contributed by atoms with van der Waals surface area (Å²) < 4.78 is 0. The fourth-order valence-electron chi connectivity index (χ4n) is 1.93. The van der Waals surface area contributed by atoms with Gasteiger partial charge in [-0.05, 0) is 44.7 Å². The Morgan fingerprint density at radius 1 is 1.27 bits per heavy atom. The molecule has 0 heterocycles. The van der Waals surface area contributed by atoms with Crippen LogP contribution in [0.3, 0.4) is 0 Å². The van der Waals surface area contributed by atoms with E-state index in [0.29, 0.717) is 6.04 Å². The van der Waals surface area contributed by atoms with Crippen molar-refractivity contribution in [1.29, 1.82) is 0 Å². The second-order valence-electron chi connectivity index (χ2n) is 5.12. The summed E-state index contributed by atoms with van der Waals surface area (Å²) in [6, 6.07) is 8.95. The molecular weight excluding hydrogens is 186 g/mol. The van der Waals surface area contributed by atoms with Crippen LogP contribution in [0.2, 0.25) is 0 Å². The Bertz CT molecular complexity index is 341. The first kappa shape index (κ1) is 10.7. The van der Waals surface area contributed by atoms with E-state index in [4.69, 9.17) is 4.84 Å². The summed E-state index contributed by atoms with van der Waals surface area (Å²) in [6.45, 7) is 6.17. The van der Waals surface area contributed by atoms with Crippen molar-refractivity contribution in [2.24, 2.45) is 0 Å². The lowest BCUT2D eigenvalue weighted by molar-refractivity contribution is -0.0888. The van der Waals surface area contributed by atoms with Crippen molar-refractivity contribution in [2.45, 2.75) is 45.3 Å². The fourth-order valence-corrected chi connectivity index (χ4v) is 1.93. The molecule has 0 amide bonds. The third kappa shape index (κ3) is 2.58. The number of aryl methyl sites for hydroxylation is 1. The third-order valence-electron chi connectivity index (χ3n) is 2.64. The Hall–Kier alpha value is -0.860. The molecule has 2 nitrogen and oxygen atoms in total. The molecule has 1 N–H and O–H groups in total. The molecule has 2 heteroatoms. The summed E-state index contributed by atoms with van der Waals surface area (Å²) in [5, 5.41) is 0. The number of hydrogen-bond donors (Lipinski definition) is 1. The van der Waals surface area contributed by atoms with Crippen molar-refractivity contribution in [3.63, 3.8) is 0 Å². The summed E-state index contributed by atoms with van der Waals surface area (Å²) in [5.41, 5.74) is 5.89. The van der Waals surface area contributed by atoms with Gasteiger partial charge in [0.05, 0.1) is 11.6 Å². The highest BCUT2D eigenvalue weighted by atomic mass is 16.7. The second-order valence-corrected chi connectivity index (χ2v) is 5.12. The highest BCUT2D eigenvalue weighted by Gasteiger charge is 2.23. The van der Waals surface area contributed by atoms with E-state index in [1.165, 1.54) is 11.1 Å². The van der Waals surface area contributed by atoms with Crippen LogP contribution in [-0.2, 0) is 11.3 Å². The number of hydrogen-bond acceptors (Lipinski definition) is 2. The van der Waals surface area contributed by atoms with Crippen LogP contribution < -0.4 is 5.48 Å². The SMILES string of the molecule is CC(C)(C)ONC1CCc2ccccc21. The van der Waals surface area contributed by atoms with Gasteiger partial charge in [-0.2, -0.15) is 5.48 Å². The zero-order valence-electron chi connectivity index (χ0n) is 9.71. The van der Waals surface area contributed by atoms with Crippen molar-refractivity contribution in [2.75, 3.05) is 0 Å². The van der Waals surface area contributed by atoms with Crippen LogP contribution in [0.4, 0.5) is 0 Å². The normalized spacial score (nSPS) is 20.3. The lowest BCUT2D eigenvalue weighted by Gasteiger charge is -2.23. The zero-order chi connectivity index (χ0) is 10.9. The minimum Gasteiger partial charge on any atom is -0.296 e. The van der Waals surface area contributed by atoms with Crippen LogP contribution >= 0.6 is 0 Å². The van der Waals surface area contributed by atoms with Crippen molar-refractivity contribution in [1.82, 2.24) is 5.48 Å². The molecule has 1 aromatic rings. The molecule has 0 radical (unpaired) electrons. The predicted octanol–water partition coefficient (Wildman–Crippen LogP) is 2.99. The minimum atomic E-state index is -0.127. The molecule has 1 aromatic carbocycles. The van der Waals surface area contributed by atoms with Gasteiger partial charge in [0.2, 0.25) is 0 Å². The molecule has 1 aliphatic carbocycles. The van der Waals surface area contributed by atoms with Crippen LogP contribution in [0.15, 0.2) is 24.3 Å². The largest absolute Gasteiger partial charge is 0.296 e. The first-order valence-electron chi connectivity index (χ1n) is 5.57. The average Bonchev–Trinajstić information content (AvgIpc) is 2.57. The van der Waals surface area contributed by atoms with E-state index in [1.807, 2.05) is 0 Å². The molecule has 2 rings (SSSR count). The Kier molecular flexibility index (Phi) is 2.81. The van der Waals surface area contributed by atoms with Gasteiger partial charge in [0, 0.05) is 0 Å². The molecule has 0 saturated heterocycles. The number of fused-ring (bicyclic) bond motifs is 1. The average molecular weight is 205 g/mol. The van der Waals surface area contributed by atoms with E-state index in [1.54, 1.807) is 0 Å². The van der Waals surface area contributed by atoms with E-state index in [0.717, 1.165) is 12.8 Å². The van der Waals surface area contributed by atoms with Gasteiger partial charge in [0.1, 0.15) is 0 Å². The van der Waals surface area contributed by atoms with Gasteiger partial charge in [-0.3, -0.25) is 4.84 Å². The quantitative estimate of drug-likeness (QED) is 0.749. The van der Waals surface area contributed by atoms with Crippen molar-refractivity contribution in [3.8, 4) is 0 Å². The van der Waals surface area contributed by atoms with Gasteiger partial charge in [0.25, 0.3) is 0 Å². The highest BCUT2D eigenvalue weighted by molar-refractivity contribution is 5.33. The van der Waals surface area contributed by atoms with Gasteiger partial charge in [-0.15, -0.1) is 0 Å². The van der Waals surface area contributed by atoms with E-state index < -0.39 is 0 Å². The number of hydroxylamine groups is 1. The lowest BCUT2D eigenvalue weighted by Crippen LogP contribution is -2.31. The topological polar surface area (TPSA) is 21.3 Å². The number of benzene rings is 1. The zero-order valence-corrected chi connectivity index (χ0v) is 9.71. The minimum absolute atomic E-state index is 0.127. The molecule has 1 aliphatic rings. The lowest BCUT2D eigenvalue weighted by atomic mass is 10.1. The Morgan fingerprint density at radius 2 is 2.00 bits per heavy atom. The molecule has 82 valence electrons. The number of nitrogens with one attached hydrogen (secondary N) is 1. The van der Waals surface area contributed by atoms with E-state index >= 15 is 0 Å². The van der Waals surface area contributed by atoms with Crippen LogP contribution in [0, 0.1) is 0 Å². The van der Waals surface area contributed by atoms with Gasteiger partial charge < -0.3 is 0 Å². The summed E-state index contributed by atoms with van der Waals surface area (Å²) in [6.07, 6.45) is 2.29. The van der Waals surface area contributed by atoms with Gasteiger partial charge in [-0.25, -0.2) is 0 Å². The smallest absolute Gasteiger partial charge is 0.0813 e. The molecule has 1 atom stereocenters. The molecule has 0 spiro atoms. The van der Waals surface area contributed by atoms with E-state index in [-0.39, 0.29) is 5.60 Å². The molecule has 15 heavy (non-hydrogen) atoms. The van der Waals surface area contributed by atoms with Crippen molar-refractivity contribution in [3.05, 3.63) is 35.4 Å². The summed E-state index contributed by atoms with van der Waals surface area (Å²) >= 11 is 0. The van der Waals surface area contributed by atoms with E-state index in [2.05, 4.69) is 50.5 Å². The summed E-state index contributed by atoms with van der Waals surface area (Å²) in [4.78, 5) is 5.62. The second kappa shape index (κ2) is 3.95.